The Balaban J connectivity index is 1.72. The number of thiocarbonyl (C=S) groups is 1. The van der Waals surface area contributed by atoms with Crippen molar-refractivity contribution in [2.24, 2.45) is 0 Å². The number of para-hydroxylation sites is 1. The molecule has 7 heteroatoms. The first-order valence-corrected chi connectivity index (χ1v) is 9.85. The number of ether oxygens (including phenoxy) is 2. The normalized spacial score (nSPS) is 18.6. The summed E-state index contributed by atoms with van der Waals surface area (Å²) in [6.07, 6.45) is 2.11. The van der Waals surface area contributed by atoms with E-state index in [1.54, 1.807) is 25.3 Å². The molecular weight excluding hydrogens is 391 g/mol. The third kappa shape index (κ3) is 3.96. The van der Waals surface area contributed by atoms with E-state index in [1.165, 1.54) is 12.1 Å². The fraction of sp³-hybridized carbons (Fsp3) is 0.273. The summed E-state index contributed by atoms with van der Waals surface area (Å²) in [6, 6.07) is 11.3. The second-order valence-corrected chi connectivity index (χ2v) is 7.40. The molecule has 0 fully saturated rings. The van der Waals surface area contributed by atoms with Gasteiger partial charge in [-0.2, -0.15) is 0 Å². The molecule has 150 valence electrons. The summed E-state index contributed by atoms with van der Waals surface area (Å²) < 4.78 is 24.8. The number of ketones is 1. The first kappa shape index (κ1) is 19.4. The lowest BCUT2D eigenvalue weighted by Crippen LogP contribution is -2.46. The van der Waals surface area contributed by atoms with Gasteiger partial charge in [-0.15, -0.1) is 0 Å². The van der Waals surface area contributed by atoms with Crippen molar-refractivity contribution < 1.29 is 18.7 Å². The van der Waals surface area contributed by atoms with Gasteiger partial charge in [0.15, 0.2) is 22.4 Å². The molecule has 0 aromatic heterocycles. The first-order valence-electron chi connectivity index (χ1n) is 9.44. The Bertz CT molecular complexity index is 988. The number of allylic oxidation sites excluding steroid dienone is 1. The Hall–Kier alpha value is -2.93. The summed E-state index contributed by atoms with van der Waals surface area (Å²) in [7, 11) is 1.57. The fourth-order valence-electron chi connectivity index (χ4n) is 3.75. The molecule has 1 aliphatic carbocycles. The smallest absolute Gasteiger partial charge is 0.171 e. The average Bonchev–Trinajstić information content (AvgIpc) is 2.72. The van der Waals surface area contributed by atoms with Crippen molar-refractivity contribution in [3.8, 4) is 11.5 Å². The molecule has 0 saturated carbocycles. The number of hydrogen-bond donors (Lipinski definition) is 2. The summed E-state index contributed by atoms with van der Waals surface area (Å²) in [5.41, 5.74) is 3.18. The summed E-state index contributed by atoms with van der Waals surface area (Å²) >= 11 is 5.37. The molecule has 1 atom stereocenters. The van der Waals surface area contributed by atoms with Crippen LogP contribution in [0.25, 0.3) is 0 Å². The number of benzene rings is 2. The molecular formula is C22H21FN2O3S. The summed E-state index contributed by atoms with van der Waals surface area (Å²) in [5.74, 6) is 0.897. The van der Waals surface area contributed by atoms with E-state index in [9.17, 15) is 9.18 Å². The van der Waals surface area contributed by atoms with Gasteiger partial charge in [-0.05, 0) is 48.8 Å². The van der Waals surface area contributed by atoms with Crippen LogP contribution in [-0.4, -0.2) is 18.0 Å². The standard InChI is InChI=1S/C22H21FN2O3S/c1-27-18-7-2-4-15(21(18)28-12-13-8-10-14(23)11-9-13)20-19-16(24-22(29)25-20)5-3-6-17(19)26/h2,4,7-11,20H,3,5-6,12H2,1H3,(H2,24,25,29). The van der Waals surface area contributed by atoms with Crippen molar-refractivity contribution in [2.75, 3.05) is 7.11 Å². The van der Waals surface area contributed by atoms with Crippen LogP contribution in [0.15, 0.2) is 53.7 Å². The molecule has 2 aromatic rings. The van der Waals surface area contributed by atoms with Crippen LogP contribution in [0.3, 0.4) is 0 Å². The van der Waals surface area contributed by atoms with Gasteiger partial charge in [-0.25, -0.2) is 4.39 Å². The van der Waals surface area contributed by atoms with Crippen LogP contribution < -0.4 is 20.1 Å². The lowest BCUT2D eigenvalue weighted by molar-refractivity contribution is -0.116. The highest BCUT2D eigenvalue weighted by Crippen LogP contribution is 2.41. The van der Waals surface area contributed by atoms with E-state index < -0.39 is 6.04 Å². The molecule has 2 aliphatic rings. The van der Waals surface area contributed by atoms with Crippen LogP contribution in [0.2, 0.25) is 0 Å². The van der Waals surface area contributed by atoms with Crippen LogP contribution in [0.5, 0.6) is 11.5 Å². The van der Waals surface area contributed by atoms with Gasteiger partial charge in [0.1, 0.15) is 12.4 Å². The van der Waals surface area contributed by atoms with Crippen molar-refractivity contribution in [1.29, 1.82) is 0 Å². The van der Waals surface area contributed by atoms with Crippen LogP contribution >= 0.6 is 12.2 Å². The lowest BCUT2D eigenvalue weighted by Gasteiger charge is -2.34. The van der Waals surface area contributed by atoms with E-state index in [1.807, 2.05) is 12.1 Å². The predicted molar refractivity (Wildman–Crippen MR) is 111 cm³/mol. The van der Waals surface area contributed by atoms with E-state index in [0.717, 1.165) is 29.7 Å². The highest BCUT2D eigenvalue weighted by molar-refractivity contribution is 7.80. The minimum atomic E-state index is -0.412. The molecule has 2 aromatic carbocycles. The van der Waals surface area contributed by atoms with Crippen LogP contribution in [0, 0.1) is 5.82 Å². The van der Waals surface area contributed by atoms with Crippen molar-refractivity contribution in [2.45, 2.75) is 31.9 Å². The second-order valence-electron chi connectivity index (χ2n) is 6.99. The van der Waals surface area contributed by atoms with Crippen LogP contribution in [-0.2, 0) is 11.4 Å². The molecule has 1 unspecified atom stereocenters. The third-order valence-corrected chi connectivity index (χ3v) is 5.34. The van der Waals surface area contributed by atoms with Crippen molar-refractivity contribution in [3.63, 3.8) is 0 Å². The van der Waals surface area contributed by atoms with Crippen molar-refractivity contribution in [3.05, 3.63) is 70.7 Å². The van der Waals surface area contributed by atoms with E-state index in [-0.39, 0.29) is 18.2 Å². The Morgan fingerprint density at radius 2 is 1.97 bits per heavy atom. The molecule has 4 rings (SSSR count). The molecule has 0 spiro atoms. The number of methoxy groups -OCH3 is 1. The zero-order valence-corrected chi connectivity index (χ0v) is 16.8. The number of Topliss-reactive ketones (excluding diaryl/α,β-unsaturated/α-hetero) is 1. The van der Waals surface area contributed by atoms with E-state index in [0.29, 0.717) is 28.6 Å². The Kier molecular flexibility index (Phi) is 5.49. The van der Waals surface area contributed by atoms with Crippen LogP contribution in [0.1, 0.15) is 36.4 Å². The highest BCUT2D eigenvalue weighted by Gasteiger charge is 2.35. The molecule has 1 heterocycles. The SMILES string of the molecule is COc1cccc(C2NC(=S)NC3=C2C(=O)CCC3)c1OCc1ccc(F)cc1. The third-order valence-electron chi connectivity index (χ3n) is 5.12. The largest absolute Gasteiger partial charge is 0.493 e. The quantitative estimate of drug-likeness (QED) is 0.726. The summed E-state index contributed by atoms with van der Waals surface area (Å²) in [5, 5.41) is 6.83. The lowest BCUT2D eigenvalue weighted by atomic mass is 9.85. The predicted octanol–water partition coefficient (Wildman–Crippen LogP) is 3.94. The zero-order chi connectivity index (χ0) is 20.4. The maximum atomic E-state index is 13.2. The molecule has 0 radical (unpaired) electrons. The molecule has 1 aliphatic heterocycles. The minimum Gasteiger partial charge on any atom is -0.493 e. The Morgan fingerprint density at radius 3 is 2.72 bits per heavy atom. The fourth-order valence-corrected chi connectivity index (χ4v) is 3.99. The number of hydrogen-bond acceptors (Lipinski definition) is 4. The number of carbonyl (C=O) groups is 1. The first-order chi connectivity index (χ1) is 14.1. The Labute approximate surface area is 173 Å². The van der Waals surface area contributed by atoms with Gasteiger partial charge in [-0.3, -0.25) is 4.79 Å². The molecule has 0 amide bonds. The maximum absolute atomic E-state index is 13.2. The van der Waals surface area contributed by atoms with Crippen molar-refractivity contribution in [1.82, 2.24) is 10.6 Å². The Morgan fingerprint density at radius 1 is 1.17 bits per heavy atom. The van der Waals surface area contributed by atoms with Gasteiger partial charge in [0.05, 0.1) is 13.2 Å². The van der Waals surface area contributed by atoms with E-state index in [4.69, 9.17) is 21.7 Å². The monoisotopic (exact) mass is 412 g/mol. The molecule has 5 nitrogen and oxygen atoms in total. The van der Waals surface area contributed by atoms with E-state index in [2.05, 4.69) is 10.6 Å². The van der Waals surface area contributed by atoms with Crippen LogP contribution in [0.4, 0.5) is 4.39 Å². The molecule has 0 bridgehead atoms. The van der Waals surface area contributed by atoms with Gasteiger partial charge in [-0.1, -0.05) is 24.3 Å². The topological polar surface area (TPSA) is 59.6 Å². The van der Waals surface area contributed by atoms with Gasteiger partial charge in [0, 0.05) is 23.3 Å². The zero-order valence-electron chi connectivity index (χ0n) is 16.0. The highest BCUT2D eigenvalue weighted by atomic mass is 32.1. The van der Waals surface area contributed by atoms with Gasteiger partial charge in [0.2, 0.25) is 0 Å². The number of nitrogens with one attached hydrogen (secondary N) is 2. The van der Waals surface area contributed by atoms with Gasteiger partial charge < -0.3 is 20.1 Å². The van der Waals surface area contributed by atoms with Gasteiger partial charge >= 0.3 is 0 Å². The van der Waals surface area contributed by atoms with Crippen molar-refractivity contribution >= 4 is 23.1 Å². The van der Waals surface area contributed by atoms with E-state index >= 15 is 0 Å². The average molecular weight is 412 g/mol. The number of rotatable bonds is 5. The summed E-state index contributed by atoms with van der Waals surface area (Å²) in [6.45, 7) is 0.239. The molecule has 0 saturated heterocycles. The maximum Gasteiger partial charge on any atom is 0.171 e. The second kappa shape index (κ2) is 8.21. The number of halogens is 1. The molecule has 29 heavy (non-hydrogen) atoms. The van der Waals surface area contributed by atoms with Gasteiger partial charge in [0.25, 0.3) is 0 Å². The summed E-state index contributed by atoms with van der Waals surface area (Å²) in [4.78, 5) is 12.7. The number of carbonyl (C=O) groups excluding carboxylic acids is 1. The molecule has 2 N–H and O–H groups in total. The minimum absolute atomic E-state index is 0.103.